The summed E-state index contributed by atoms with van der Waals surface area (Å²) in [5.41, 5.74) is 1.30. The Morgan fingerprint density at radius 3 is 2.72 bits per heavy atom. The van der Waals surface area contributed by atoms with Crippen LogP contribution in [-0.4, -0.2) is 23.2 Å². The van der Waals surface area contributed by atoms with E-state index in [2.05, 4.69) is 30.7 Å². The van der Waals surface area contributed by atoms with E-state index >= 15 is 0 Å². The SMILES string of the molecule is CC(O)c1ccnc(N2CCC(C(C)(C)C)C2)c1. The first kappa shape index (κ1) is 13.3. The molecular weight excluding hydrogens is 224 g/mol. The fourth-order valence-electron chi connectivity index (χ4n) is 2.54. The average Bonchev–Trinajstić information content (AvgIpc) is 2.78. The molecule has 100 valence electrons. The van der Waals surface area contributed by atoms with E-state index in [-0.39, 0.29) is 0 Å². The van der Waals surface area contributed by atoms with Gasteiger partial charge < -0.3 is 10.0 Å². The topological polar surface area (TPSA) is 36.4 Å². The fourth-order valence-corrected chi connectivity index (χ4v) is 2.54. The fraction of sp³-hybridized carbons (Fsp3) is 0.667. The number of aliphatic hydroxyl groups excluding tert-OH is 1. The Kier molecular flexibility index (Phi) is 3.62. The van der Waals surface area contributed by atoms with Gasteiger partial charge in [-0.15, -0.1) is 0 Å². The monoisotopic (exact) mass is 248 g/mol. The summed E-state index contributed by atoms with van der Waals surface area (Å²) in [5, 5.41) is 9.63. The van der Waals surface area contributed by atoms with Crippen molar-refractivity contribution in [3.8, 4) is 0 Å². The van der Waals surface area contributed by atoms with E-state index in [0.29, 0.717) is 5.41 Å². The molecule has 1 aliphatic heterocycles. The van der Waals surface area contributed by atoms with Gasteiger partial charge in [-0.25, -0.2) is 4.98 Å². The number of anilines is 1. The molecule has 0 aliphatic carbocycles. The minimum atomic E-state index is -0.423. The zero-order chi connectivity index (χ0) is 13.3. The number of nitrogens with zero attached hydrogens (tertiary/aromatic N) is 2. The lowest BCUT2D eigenvalue weighted by Crippen LogP contribution is -2.26. The zero-order valence-electron chi connectivity index (χ0n) is 11.8. The molecular formula is C15H24N2O. The van der Waals surface area contributed by atoms with Crippen LogP contribution in [0.3, 0.4) is 0 Å². The van der Waals surface area contributed by atoms with Gasteiger partial charge in [0.05, 0.1) is 6.10 Å². The van der Waals surface area contributed by atoms with Gasteiger partial charge in [-0.3, -0.25) is 0 Å². The minimum absolute atomic E-state index is 0.358. The molecule has 1 saturated heterocycles. The summed E-state index contributed by atoms with van der Waals surface area (Å²) in [6.07, 6.45) is 2.60. The van der Waals surface area contributed by atoms with Gasteiger partial charge in [0.15, 0.2) is 0 Å². The van der Waals surface area contributed by atoms with Crippen LogP contribution in [0.25, 0.3) is 0 Å². The molecule has 1 aromatic heterocycles. The lowest BCUT2D eigenvalue weighted by molar-refractivity contribution is 0.199. The van der Waals surface area contributed by atoms with Gasteiger partial charge in [0, 0.05) is 19.3 Å². The normalized spacial score (nSPS) is 22.3. The van der Waals surface area contributed by atoms with Gasteiger partial charge in [0.2, 0.25) is 0 Å². The number of hydrogen-bond donors (Lipinski definition) is 1. The first-order chi connectivity index (χ1) is 8.38. The van der Waals surface area contributed by atoms with E-state index in [0.717, 1.165) is 30.4 Å². The van der Waals surface area contributed by atoms with Crippen molar-refractivity contribution in [2.75, 3.05) is 18.0 Å². The molecule has 1 aliphatic rings. The van der Waals surface area contributed by atoms with Crippen LogP contribution in [0.1, 0.15) is 45.8 Å². The summed E-state index contributed by atoms with van der Waals surface area (Å²) in [5.74, 6) is 1.72. The van der Waals surface area contributed by atoms with Crippen LogP contribution in [0.15, 0.2) is 18.3 Å². The summed E-state index contributed by atoms with van der Waals surface area (Å²) in [6.45, 7) is 10.8. The highest BCUT2D eigenvalue weighted by molar-refractivity contribution is 5.42. The van der Waals surface area contributed by atoms with Crippen molar-refractivity contribution in [2.24, 2.45) is 11.3 Å². The van der Waals surface area contributed by atoms with Gasteiger partial charge in [0.1, 0.15) is 5.82 Å². The Labute approximate surface area is 110 Å². The minimum Gasteiger partial charge on any atom is -0.389 e. The van der Waals surface area contributed by atoms with Gasteiger partial charge in [-0.05, 0) is 42.4 Å². The maximum Gasteiger partial charge on any atom is 0.128 e. The van der Waals surface area contributed by atoms with E-state index in [4.69, 9.17) is 0 Å². The molecule has 0 amide bonds. The van der Waals surface area contributed by atoms with Gasteiger partial charge >= 0.3 is 0 Å². The molecule has 3 nitrogen and oxygen atoms in total. The number of aliphatic hydroxyl groups is 1. The molecule has 0 spiro atoms. The molecule has 2 unspecified atom stereocenters. The third-order valence-electron chi connectivity index (χ3n) is 3.99. The highest BCUT2D eigenvalue weighted by Gasteiger charge is 2.32. The summed E-state index contributed by atoms with van der Waals surface area (Å²) >= 11 is 0. The van der Waals surface area contributed by atoms with Gasteiger partial charge in [-0.1, -0.05) is 20.8 Å². The average molecular weight is 248 g/mol. The molecule has 1 aromatic rings. The molecule has 18 heavy (non-hydrogen) atoms. The Hall–Kier alpha value is -1.09. The maximum absolute atomic E-state index is 9.63. The molecule has 1 N–H and O–H groups in total. The highest BCUT2D eigenvalue weighted by Crippen LogP contribution is 2.35. The molecule has 0 bridgehead atoms. The standard InChI is InChI=1S/C15H24N2O/c1-11(18)12-5-7-16-14(9-12)17-8-6-13(10-17)15(2,3)4/h5,7,9,11,13,18H,6,8,10H2,1-4H3. The molecule has 0 radical (unpaired) electrons. The van der Waals surface area contributed by atoms with E-state index in [9.17, 15) is 5.11 Å². The first-order valence-electron chi connectivity index (χ1n) is 6.77. The van der Waals surface area contributed by atoms with Crippen LogP contribution in [0.4, 0.5) is 5.82 Å². The second kappa shape index (κ2) is 4.88. The number of pyridine rings is 1. The quantitative estimate of drug-likeness (QED) is 0.874. The van der Waals surface area contributed by atoms with E-state index in [1.807, 2.05) is 12.1 Å². The van der Waals surface area contributed by atoms with Crippen molar-refractivity contribution in [1.29, 1.82) is 0 Å². The van der Waals surface area contributed by atoms with Gasteiger partial charge in [-0.2, -0.15) is 0 Å². The predicted molar refractivity (Wildman–Crippen MR) is 74.6 cm³/mol. The van der Waals surface area contributed by atoms with Crippen LogP contribution in [0, 0.1) is 11.3 Å². The van der Waals surface area contributed by atoms with E-state index < -0.39 is 6.10 Å². The molecule has 0 saturated carbocycles. The van der Waals surface area contributed by atoms with Crippen LogP contribution < -0.4 is 4.90 Å². The third-order valence-corrected chi connectivity index (χ3v) is 3.99. The van der Waals surface area contributed by atoms with Crippen molar-refractivity contribution in [3.63, 3.8) is 0 Å². The highest BCUT2D eigenvalue weighted by atomic mass is 16.3. The van der Waals surface area contributed by atoms with Crippen LogP contribution >= 0.6 is 0 Å². The van der Waals surface area contributed by atoms with Crippen LogP contribution in [0.5, 0.6) is 0 Å². The Morgan fingerprint density at radius 1 is 1.44 bits per heavy atom. The van der Waals surface area contributed by atoms with Crippen molar-refractivity contribution < 1.29 is 5.11 Å². The number of aromatic nitrogens is 1. The van der Waals surface area contributed by atoms with Crippen molar-refractivity contribution in [2.45, 2.75) is 40.2 Å². The summed E-state index contributed by atoms with van der Waals surface area (Å²) in [7, 11) is 0. The lowest BCUT2D eigenvalue weighted by Gasteiger charge is -2.27. The summed E-state index contributed by atoms with van der Waals surface area (Å²) in [6, 6.07) is 3.89. The lowest BCUT2D eigenvalue weighted by atomic mass is 9.80. The molecule has 1 fully saturated rings. The molecule has 0 aromatic carbocycles. The summed E-state index contributed by atoms with van der Waals surface area (Å²) < 4.78 is 0. The first-order valence-corrected chi connectivity index (χ1v) is 6.77. The van der Waals surface area contributed by atoms with E-state index in [1.165, 1.54) is 6.42 Å². The Morgan fingerprint density at radius 2 is 2.17 bits per heavy atom. The number of rotatable bonds is 2. The van der Waals surface area contributed by atoms with Crippen LogP contribution in [-0.2, 0) is 0 Å². The third kappa shape index (κ3) is 2.83. The van der Waals surface area contributed by atoms with Crippen molar-refractivity contribution in [1.82, 2.24) is 4.98 Å². The Bertz CT molecular complexity index is 409. The molecule has 2 atom stereocenters. The van der Waals surface area contributed by atoms with Crippen molar-refractivity contribution >= 4 is 5.82 Å². The van der Waals surface area contributed by atoms with E-state index in [1.54, 1.807) is 13.1 Å². The number of hydrogen-bond acceptors (Lipinski definition) is 3. The van der Waals surface area contributed by atoms with Gasteiger partial charge in [0.25, 0.3) is 0 Å². The second-order valence-corrected chi connectivity index (χ2v) is 6.42. The zero-order valence-corrected chi connectivity index (χ0v) is 11.8. The molecule has 2 heterocycles. The molecule has 3 heteroatoms. The molecule has 2 rings (SSSR count). The largest absolute Gasteiger partial charge is 0.389 e. The summed E-state index contributed by atoms with van der Waals surface area (Å²) in [4.78, 5) is 6.77. The smallest absolute Gasteiger partial charge is 0.128 e. The second-order valence-electron chi connectivity index (χ2n) is 6.42. The van der Waals surface area contributed by atoms with Crippen LogP contribution in [0.2, 0.25) is 0 Å². The Balaban J connectivity index is 2.12. The van der Waals surface area contributed by atoms with Crippen molar-refractivity contribution in [3.05, 3.63) is 23.9 Å². The predicted octanol–water partition coefficient (Wildman–Crippen LogP) is 3.01. The maximum atomic E-state index is 9.63.